The average molecular weight is 480 g/mol. The minimum Gasteiger partial charge on any atom is -0.480 e. The molecule has 2 aromatic carbocycles. The van der Waals surface area contributed by atoms with E-state index in [2.05, 4.69) is 17.4 Å². The second-order valence-corrected chi connectivity index (χ2v) is 9.80. The summed E-state index contributed by atoms with van der Waals surface area (Å²) in [4.78, 5) is 41.2. The molecule has 8 heteroatoms. The number of alkyl carbamates (subject to hydrolysis) is 1. The number of rotatable bonds is 7. The van der Waals surface area contributed by atoms with Crippen molar-refractivity contribution in [2.75, 3.05) is 33.8 Å². The first-order valence-corrected chi connectivity index (χ1v) is 12.1. The molecule has 2 aliphatic rings. The van der Waals surface area contributed by atoms with Gasteiger partial charge in [0.25, 0.3) is 0 Å². The smallest absolute Gasteiger partial charge is 0.407 e. The minimum atomic E-state index is -1.02. The van der Waals surface area contributed by atoms with Crippen LogP contribution in [0.2, 0.25) is 0 Å². The Hall–Kier alpha value is -3.39. The fourth-order valence-corrected chi connectivity index (χ4v) is 5.17. The quantitative estimate of drug-likeness (QED) is 0.633. The number of carboxylic acids is 1. The van der Waals surface area contributed by atoms with Crippen LogP contribution in [0.5, 0.6) is 0 Å². The molecule has 0 radical (unpaired) electrons. The van der Waals surface area contributed by atoms with Gasteiger partial charge >= 0.3 is 12.1 Å². The first-order valence-electron chi connectivity index (χ1n) is 12.1. The van der Waals surface area contributed by atoms with Gasteiger partial charge in [-0.3, -0.25) is 4.79 Å². The molecule has 0 spiro atoms. The van der Waals surface area contributed by atoms with Crippen LogP contribution in [0.4, 0.5) is 4.79 Å². The molecule has 3 unspecified atom stereocenters. The third-order valence-corrected chi connectivity index (χ3v) is 6.91. The van der Waals surface area contributed by atoms with E-state index in [1.165, 1.54) is 4.90 Å². The molecule has 8 nitrogen and oxygen atoms in total. The Kier molecular flexibility index (Phi) is 7.40. The van der Waals surface area contributed by atoms with Crippen LogP contribution >= 0.6 is 0 Å². The standard InChI is InChI=1S/C27H33N3O5/c1-17-12-13-30(24(14-17)26(32)33)25(31)23(15-29(2)3)28-27(34)35-16-22-20-10-6-4-8-18(20)19-9-5-7-11-21(19)22/h4-11,17,22-24H,12-16H2,1-3H3,(H,28,34)(H,32,33). The van der Waals surface area contributed by atoms with Crippen molar-refractivity contribution in [3.05, 3.63) is 59.7 Å². The molecular weight excluding hydrogens is 446 g/mol. The van der Waals surface area contributed by atoms with E-state index in [1.807, 2.05) is 43.3 Å². The van der Waals surface area contributed by atoms with Crippen LogP contribution in [0, 0.1) is 5.92 Å². The number of carbonyl (C=O) groups excluding carboxylic acids is 2. The van der Waals surface area contributed by atoms with E-state index in [1.54, 1.807) is 19.0 Å². The van der Waals surface area contributed by atoms with Gasteiger partial charge in [0.2, 0.25) is 5.91 Å². The number of carboxylic acid groups (broad SMARTS) is 1. The Morgan fingerprint density at radius 1 is 1.09 bits per heavy atom. The fourth-order valence-electron chi connectivity index (χ4n) is 5.17. The van der Waals surface area contributed by atoms with Crippen molar-refractivity contribution in [2.24, 2.45) is 5.92 Å². The number of hydrogen-bond acceptors (Lipinski definition) is 5. The number of fused-ring (bicyclic) bond motifs is 3. The van der Waals surface area contributed by atoms with E-state index in [4.69, 9.17) is 4.74 Å². The molecule has 1 fully saturated rings. The number of hydrogen-bond donors (Lipinski definition) is 2. The van der Waals surface area contributed by atoms with E-state index in [9.17, 15) is 19.5 Å². The normalized spacial score (nSPS) is 20.2. The summed E-state index contributed by atoms with van der Waals surface area (Å²) in [7, 11) is 3.60. The summed E-state index contributed by atoms with van der Waals surface area (Å²) in [6.07, 6.45) is 0.444. The summed E-state index contributed by atoms with van der Waals surface area (Å²) >= 11 is 0. The predicted molar refractivity (Wildman–Crippen MR) is 132 cm³/mol. The summed E-state index contributed by atoms with van der Waals surface area (Å²) in [5, 5.41) is 12.4. The molecule has 2 amide bonds. The van der Waals surface area contributed by atoms with Gasteiger partial charge in [-0.1, -0.05) is 55.5 Å². The van der Waals surface area contributed by atoms with Crippen LogP contribution < -0.4 is 5.32 Å². The number of ether oxygens (including phenoxy) is 1. The number of likely N-dealkylation sites (N-methyl/N-ethyl adjacent to an activating group) is 1. The molecule has 0 bridgehead atoms. The highest BCUT2D eigenvalue weighted by molar-refractivity contribution is 5.89. The maximum atomic E-state index is 13.3. The molecule has 186 valence electrons. The lowest BCUT2D eigenvalue weighted by molar-refractivity contribution is -0.154. The van der Waals surface area contributed by atoms with E-state index in [0.29, 0.717) is 13.0 Å². The van der Waals surface area contributed by atoms with Crippen molar-refractivity contribution in [1.29, 1.82) is 0 Å². The van der Waals surface area contributed by atoms with Crippen LogP contribution in [-0.2, 0) is 14.3 Å². The lowest BCUT2D eigenvalue weighted by Gasteiger charge is -2.38. The van der Waals surface area contributed by atoms with Gasteiger partial charge in [-0.15, -0.1) is 0 Å². The zero-order valence-electron chi connectivity index (χ0n) is 20.4. The summed E-state index contributed by atoms with van der Waals surface area (Å²) < 4.78 is 5.62. The Balaban J connectivity index is 1.45. The summed E-state index contributed by atoms with van der Waals surface area (Å²) in [6, 6.07) is 14.4. The van der Waals surface area contributed by atoms with E-state index in [-0.39, 0.29) is 25.0 Å². The second-order valence-electron chi connectivity index (χ2n) is 9.80. The van der Waals surface area contributed by atoms with Gasteiger partial charge in [-0.05, 0) is 55.1 Å². The SMILES string of the molecule is CC1CCN(C(=O)C(CN(C)C)NC(=O)OCC2c3ccccc3-c3ccccc32)C(C(=O)O)C1. The largest absolute Gasteiger partial charge is 0.480 e. The van der Waals surface area contributed by atoms with Gasteiger partial charge in [0.1, 0.15) is 18.7 Å². The maximum Gasteiger partial charge on any atom is 0.407 e. The van der Waals surface area contributed by atoms with Crippen molar-refractivity contribution in [1.82, 2.24) is 15.1 Å². The monoisotopic (exact) mass is 479 g/mol. The van der Waals surface area contributed by atoms with Crippen LogP contribution in [0.15, 0.2) is 48.5 Å². The van der Waals surface area contributed by atoms with Crippen molar-refractivity contribution in [2.45, 2.75) is 37.8 Å². The number of nitrogens with one attached hydrogen (secondary N) is 1. The Bertz CT molecular complexity index is 1060. The molecule has 2 N–H and O–H groups in total. The number of likely N-dealkylation sites (tertiary alicyclic amines) is 1. The van der Waals surface area contributed by atoms with Gasteiger partial charge in [-0.25, -0.2) is 9.59 Å². The Morgan fingerprint density at radius 2 is 1.69 bits per heavy atom. The van der Waals surface area contributed by atoms with Crippen LogP contribution in [0.25, 0.3) is 11.1 Å². The molecule has 1 aliphatic heterocycles. The first-order chi connectivity index (χ1) is 16.8. The van der Waals surface area contributed by atoms with Gasteiger partial charge in [0.05, 0.1) is 0 Å². The lowest BCUT2D eigenvalue weighted by atomic mass is 9.92. The minimum absolute atomic E-state index is 0.0869. The van der Waals surface area contributed by atoms with Crippen LogP contribution in [0.3, 0.4) is 0 Å². The average Bonchev–Trinajstić information content (AvgIpc) is 3.15. The molecule has 1 aliphatic carbocycles. The topological polar surface area (TPSA) is 99.2 Å². The van der Waals surface area contributed by atoms with Crippen LogP contribution in [0.1, 0.15) is 36.8 Å². The summed E-state index contributed by atoms with van der Waals surface area (Å²) in [5.41, 5.74) is 4.48. The molecule has 0 aromatic heterocycles. The predicted octanol–water partition coefficient (Wildman–Crippen LogP) is 3.17. The molecular formula is C27H33N3O5. The van der Waals surface area contributed by atoms with Crippen molar-refractivity contribution >= 4 is 18.0 Å². The second kappa shape index (κ2) is 10.5. The fraction of sp³-hybridized carbons (Fsp3) is 0.444. The van der Waals surface area contributed by atoms with Gasteiger partial charge in [0, 0.05) is 19.0 Å². The highest BCUT2D eigenvalue weighted by Crippen LogP contribution is 2.44. The van der Waals surface area contributed by atoms with Crippen molar-refractivity contribution < 1.29 is 24.2 Å². The number of aliphatic carboxylic acids is 1. The third-order valence-electron chi connectivity index (χ3n) is 6.91. The number of carbonyl (C=O) groups is 3. The summed E-state index contributed by atoms with van der Waals surface area (Å²) in [5.74, 6) is -1.28. The summed E-state index contributed by atoms with van der Waals surface area (Å²) in [6.45, 7) is 2.72. The number of nitrogens with zero attached hydrogens (tertiary/aromatic N) is 2. The van der Waals surface area contributed by atoms with E-state index in [0.717, 1.165) is 28.7 Å². The maximum absolute atomic E-state index is 13.3. The number of amides is 2. The molecule has 1 heterocycles. The van der Waals surface area contributed by atoms with E-state index >= 15 is 0 Å². The first kappa shape index (κ1) is 24.7. The van der Waals surface area contributed by atoms with Gasteiger partial charge in [-0.2, -0.15) is 0 Å². The molecule has 0 saturated carbocycles. The van der Waals surface area contributed by atoms with E-state index < -0.39 is 30.1 Å². The highest BCUT2D eigenvalue weighted by atomic mass is 16.5. The van der Waals surface area contributed by atoms with Crippen molar-refractivity contribution in [3.8, 4) is 11.1 Å². The molecule has 35 heavy (non-hydrogen) atoms. The Labute approximate surface area is 205 Å². The molecule has 2 aromatic rings. The molecule has 3 atom stereocenters. The van der Waals surface area contributed by atoms with Gasteiger partial charge < -0.3 is 25.0 Å². The highest BCUT2D eigenvalue weighted by Gasteiger charge is 2.38. The van der Waals surface area contributed by atoms with Gasteiger partial charge in [0.15, 0.2) is 0 Å². The van der Waals surface area contributed by atoms with Crippen molar-refractivity contribution in [3.63, 3.8) is 0 Å². The Morgan fingerprint density at radius 3 is 2.26 bits per heavy atom. The third kappa shape index (κ3) is 5.32. The zero-order chi connectivity index (χ0) is 25.1. The number of piperidine rings is 1. The number of benzene rings is 2. The molecule has 1 saturated heterocycles. The van der Waals surface area contributed by atoms with Crippen LogP contribution in [-0.4, -0.2) is 78.8 Å². The zero-order valence-corrected chi connectivity index (χ0v) is 20.4. The molecule has 4 rings (SSSR count). The lowest BCUT2D eigenvalue weighted by Crippen LogP contribution is -2.58.